The first-order valence-electron chi connectivity index (χ1n) is 9.52. The van der Waals surface area contributed by atoms with Crippen LogP contribution < -0.4 is 9.47 Å². The SMILES string of the molecule is CC(=O)Oc1cc(/C=C/c2ccccc2)c(OC(C)=O)cc1/C=C\c1ccccc1. The third-order valence-corrected chi connectivity index (χ3v) is 4.16. The topological polar surface area (TPSA) is 52.6 Å². The van der Waals surface area contributed by atoms with Gasteiger partial charge in [-0.25, -0.2) is 0 Å². The molecule has 0 aliphatic heterocycles. The molecule has 0 amide bonds. The molecule has 0 saturated heterocycles. The molecule has 0 N–H and O–H groups in total. The minimum absolute atomic E-state index is 0.387. The first-order valence-corrected chi connectivity index (χ1v) is 9.52. The Bertz CT molecular complexity index is 992. The van der Waals surface area contributed by atoms with Crippen LogP contribution in [0.2, 0.25) is 0 Å². The number of benzene rings is 3. The van der Waals surface area contributed by atoms with E-state index in [-0.39, 0.29) is 0 Å². The number of carbonyl (C=O) groups excluding carboxylic acids is 2. The summed E-state index contributed by atoms with van der Waals surface area (Å²) in [6.07, 6.45) is 7.45. The third-order valence-electron chi connectivity index (χ3n) is 4.16. The molecule has 4 nitrogen and oxygen atoms in total. The molecule has 3 rings (SSSR count). The molecule has 0 aliphatic rings. The molecule has 0 atom stereocenters. The van der Waals surface area contributed by atoms with Crippen LogP contribution in [0.4, 0.5) is 0 Å². The summed E-state index contributed by atoms with van der Waals surface area (Å²) >= 11 is 0. The van der Waals surface area contributed by atoms with E-state index in [0.29, 0.717) is 22.6 Å². The molecule has 0 radical (unpaired) electrons. The van der Waals surface area contributed by atoms with Gasteiger partial charge in [0.2, 0.25) is 0 Å². The fourth-order valence-electron chi connectivity index (χ4n) is 2.84. The van der Waals surface area contributed by atoms with Gasteiger partial charge in [-0.05, 0) is 23.3 Å². The molecule has 0 saturated carbocycles. The lowest BCUT2D eigenvalue weighted by atomic mass is 10.1. The molecule has 0 unspecified atom stereocenters. The van der Waals surface area contributed by atoms with Gasteiger partial charge in [-0.15, -0.1) is 0 Å². The van der Waals surface area contributed by atoms with Gasteiger partial charge in [-0.2, -0.15) is 0 Å². The maximum Gasteiger partial charge on any atom is 0.308 e. The molecule has 0 spiro atoms. The Kier molecular flexibility index (Phi) is 6.95. The zero-order chi connectivity index (χ0) is 21.3. The summed E-state index contributed by atoms with van der Waals surface area (Å²) in [5.41, 5.74) is 3.24. The summed E-state index contributed by atoms with van der Waals surface area (Å²) in [6.45, 7) is 2.70. The van der Waals surface area contributed by atoms with Crippen LogP contribution in [-0.2, 0) is 9.59 Å². The van der Waals surface area contributed by atoms with Crippen LogP contribution in [-0.4, -0.2) is 11.9 Å². The molecule has 150 valence electrons. The first kappa shape index (κ1) is 20.8. The Morgan fingerprint density at radius 3 is 1.30 bits per heavy atom. The summed E-state index contributed by atoms with van der Waals surface area (Å²) in [6, 6.07) is 22.9. The van der Waals surface area contributed by atoms with E-state index in [0.717, 1.165) is 11.1 Å². The molecule has 0 fully saturated rings. The van der Waals surface area contributed by atoms with Gasteiger partial charge < -0.3 is 9.47 Å². The quantitative estimate of drug-likeness (QED) is 0.296. The van der Waals surface area contributed by atoms with Gasteiger partial charge in [-0.3, -0.25) is 9.59 Å². The summed E-state index contributed by atoms with van der Waals surface area (Å²) in [5.74, 6) is -0.0817. The van der Waals surface area contributed by atoms with Crippen molar-refractivity contribution in [3.05, 3.63) is 95.1 Å². The Morgan fingerprint density at radius 2 is 0.967 bits per heavy atom. The predicted molar refractivity (Wildman–Crippen MR) is 120 cm³/mol. The average Bonchev–Trinajstić information content (AvgIpc) is 2.73. The van der Waals surface area contributed by atoms with Crippen molar-refractivity contribution in [2.45, 2.75) is 13.8 Å². The molecule has 0 bridgehead atoms. The first-order chi connectivity index (χ1) is 14.5. The number of hydrogen-bond acceptors (Lipinski definition) is 4. The van der Waals surface area contributed by atoms with Gasteiger partial charge in [0.1, 0.15) is 11.5 Å². The van der Waals surface area contributed by atoms with Crippen LogP contribution in [0.1, 0.15) is 36.1 Å². The van der Waals surface area contributed by atoms with Gasteiger partial charge in [-0.1, -0.05) is 85.0 Å². The Labute approximate surface area is 176 Å². The van der Waals surface area contributed by atoms with Crippen molar-refractivity contribution in [2.24, 2.45) is 0 Å². The predicted octanol–water partition coefficient (Wildman–Crippen LogP) is 5.88. The number of rotatable bonds is 6. The zero-order valence-electron chi connectivity index (χ0n) is 16.9. The van der Waals surface area contributed by atoms with Gasteiger partial charge in [0.25, 0.3) is 0 Å². The van der Waals surface area contributed by atoms with E-state index in [2.05, 4.69) is 0 Å². The van der Waals surface area contributed by atoms with Crippen LogP contribution in [0.15, 0.2) is 72.8 Å². The highest BCUT2D eigenvalue weighted by atomic mass is 16.5. The third kappa shape index (κ3) is 6.04. The van der Waals surface area contributed by atoms with E-state index in [1.165, 1.54) is 13.8 Å². The molecule has 0 aromatic heterocycles. The van der Waals surface area contributed by atoms with Gasteiger partial charge in [0.05, 0.1) is 0 Å². The lowest BCUT2D eigenvalue weighted by Crippen LogP contribution is -2.06. The normalized spacial score (nSPS) is 11.0. The molecule has 0 heterocycles. The van der Waals surface area contributed by atoms with Gasteiger partial charge >= 0.3 is 11.9 Å². The fraction of sp³-hybridized carbons (Fsp3) is 0.0769. The highest BCUT2D eigenvalue weighted by Gasteiger charge is 2.12. The number of hydrogen-bond donors (Lipinski definition) is 0. The second-order valence-electron chi connectivity index (χ2n) is 6.60. The number of ether oxygens (including phenoxy) is 2. The minimum Gasteiger partial charge on any atom is -0.426 e. The maximum absolute atomic E-state index is 11.6. The number of carbonyl (C=O) groups is 2. The average molecular weight is 398 g/mol. The molecule has 4 heteroatoms. The standard InChI is InChI=1S/C26H22O4/c1-19(27)29-25-17-24(16-14-22-11-7-4-8-12-22)26(30-20(2)28)18-23(25)15-13-21-9-5-3-6-10-21/h3-18H,1-2H3/b15-13-,16-14+. The Hall–Kier alpha value is -3.92. The van der Waals surface area contributed by atoms with E-state index in [1.807, 2.05) is 85.0 Å². The van der Waals surface area contributed by atoms with Crippen LogP contribution in [0.25, 0.3) is 24.3 Å². The van der Waals surface area contributed by atoms with Crippen LogP contribution in [0, 0.1) is 0 Å². The van der Waals surface area contributed by atoms with Crippen LogP contribution >= 0.6 is 0 Å². The van der Waals surface area contributed by atoms with Gasteiger partial charge in [0, 0.05) is 25.0 Å². The largest absolute Gasteiger partial charge is 0.426 e. The molecule has 3 aromatic rings. The maximum atomic E-state index is 11.6. The molecule has 0 aliphatic carbocycles. The fourth-order valence-corrected chi connectivity index (χ4v) is 2.84. The van der Waals surface area contributed by atoms with Crippen molar-refractivity contribution >= 4 is 36.2 Å². The molecular weight excluding hydrogens is 376 g/mol. The monoisotopic (exact) mass is 398 g/mol. The minimum atomic E-state index is -0.428. The lowest BCUT2D eigenvalue weighted by Gasteiger charge is -2.12. The summed E-state index contributed by atoms with van der Waals surface area (Å²) in [4.78, 5) is 23.3. The summed E-state index contributed by atoms with van der Waals surface area (Å²) < 4.78 is 10.8. The molecule has 3 aromatic carbocycles. The van der Waals surface area contributed by atoms with Crippen molar-refractivity contribution in [1.29, 1.82) is 0 Å². The smallest absolute Gasteiger partial charge is 0.308 e. The summed E-state index contributed by atoms with van der Waals surface area (Å²) in [5, 5.41) is 0. The van der Waals surface area contributed by atoms with E-state index in [1.54, 1.807) is 12.1 Å². The van der Waals surface area contributed by atoms with Crippen molar-refractivity contribution in [3.8, 4) is 11.5 Å². The van der Waals surface area contributed by atoms with Crippen molar-refractivity contribution < 1.29 is 19.1 Å². The van der Waals surface area contributed by atoms with E-state index in [4.69, 9.17) is 9.47 Å². The second-order valence-corrected chi connectivity index (χ2v) is 6.60. The van der Waals surface area contributed by atoms with E-state index >= 15 is 0 Å². The molecule has 30 heavy (non-hydrogen) atoms. The summed E-state index contributed by atoms with van der Waals surface area (Å²) in [7, 11) is 0. The Morgan fingerprint density at radius 1 is 0.600 bits per heavy atom. The molecular formula is C26H22O4. The van der Waals surface area contributed by atoms with Crippen LogP contribution in [0.5, 0.6) is 11.5 Å². The number of esters is 2. The highest BCUT2D eigenvalue weighted by molar-refractivity contribution is 5.82. The van der Waals surface area contributed by atoms with Crippen molar-refractivity contribution in [2.75, 3.05) is 0 Å². The lowest BCUT2D eigenvalue weighted by molar-refractivity contribution is -0.133. The van der Waals surface area contributed by atoms with Gasteiger partial charge in [0.15, 0.2) is 0 Å². The zero-order valence-corrected chi connectivity index (χ0v) is 16.9. The Balaban J connectivity index is 2.05. The second kappa shape index (κ2) is 10.0. The highest BCUT2D eigenvalue weighted by Crippen LogP contribution is 2.32. The van der Waals surface area contributed by atoms with Crippen molar-refractivity contribution in [1.82, 2.24) is 0 Å². The van der Waals surface area contributed by atoms with E-state index < -0.39 is 11.9 Å². The van der Waals surface area contributed by atoms with E-state index in [9.17, 15) is 9.59 Å². The van der Waals surface area contributed by atoms with Crippen LogP contribution in [0.3, 0.4) is 0 Å². The van der Waals surface area contributed by atoms with Crippen molar-refractivity contribution in [3.63, 3.8) is 0 Å².